The second-order valence-electron chi connectivity index (χ2n) is 7.32. The summed E-state index contributed by atoms with van der Waals surface area (Å²) in [5, 5.41) is 29.0. The number of hydrogen-bond acceptors (Lipinski definition) is 5. The summed E-state index contributed by atoms with van der Waals surface area (Å²) in [5.74, 6) is 0. The fourth-order valence-electron chi connectivity index (χ4n) is 3.27. The molecule has 1 aliphatic rings. The minimum atomic E-state index is -0.972. The van der Waals surface area contributed by atoms with E-state index in [4.69, 9.17) is 14.6 Å². The molecule has 1 fully saturated rings. The fourth-order valence-corrected chi connectivity index (χ4v) is 3.27. The van der Waals surface area contributed by atoms with Crippen molar-refractivity contribution in [2.24, 2.45) is 0 Å². The molecule has 26 heavy (non-hydrogen) atoms. The molecule has 154 valence electrons. The Labute approximate surface area is 159 Å². The molecule has 0 aromatic rings. The highest BCUT2D eigenvalue weighted by Gasteiger charge is 2.38. The molecule has 4 atom stereocenters. The van der Waals surface area contributed by atoms with Crippen molar-refractivity contribution in [3.05, 3.63) is 12.2 Å². The van der Waals surface area contributed by atoms with Gasteiger partial charge in [0.2, 0.25) is 0 Å². The van der Waals surface area contributed by atoms with Crippen LogP contribution in [0, 0.1) is 0 Å². The lowest BCUT2D eigenvalue weighted by Crippen LogP contribution is -2.55. The monoisotopic (exact) mass is 372 g/mol. The SMILES string of the molecule is CCC/C=C/CCCCCCCCCCO[C@@H]1[C@@H](O)[C@H](CO)OC[C@H]1O. The van der Waals surface area contributed by atoms with Crippen molar-refractivity contribution in [3.63, 3.8) is 0 Å². The molecule has 0 bridgehead atoms. The number of allylic oxidation sites excluding steroid dienone is 2. The van der Waals surface area contributed by atoms with Gasteiger partial charge in [-0.05, 0) is 25.7 Å². The van der Waals surface area contributed by atoms with Gasteiger partial charge in [0.1, 0.15) is 24.4 Å². The summed E-state index contributed by atoms with van der Waals surface area (Å²) in [6.07, 6.45) is 14.9. The zero-order valence-electron chi connectivity index (χ0n) is 16.5. The summed E-state index contributed by atoms with van der Waals surface area (Å²) < 4.78 is 10.8. The largest absolute Gasteiger partial charge is 0.394 e. The molecule has 0 saturated carbocycles. The van der Waals surface area contributed by atoms with Gasteiger partial charge in [0.25, 0.3) is 0 Å². The van der Waals surface area contributed by atoms with Crippen LogP contribution in [0.2, 0.25) is 0 Å². The first-order valence-electron chi connectivity index (χ1n) is 10.6. The van der Waals surface area contributed by atoms with Crippen molar-refractivity contribution < 1.29 is 24.8 Å². The van der Waals surface area contributed by atoms with Crippen molar-refractivity contribution in [3.8, 4) is 0 Å². The Morgan fingerprint density at radius 1 is 0.923 bits per heavy atom. The molecule has 1 rings (SSSR count). The van der Waals surface area contributed by atoms with Crippen LogP contribution in [0.15, 0.2) is 12.2 Å². The number of rotatable bonds is 15. The van der Waals surface area contributed by atoms with E-state index in [-0.39, 0.29) is 13.2 Å². The molecule has 1 aliphatic heterocycles. The number of aliphatic hydroxyl groups excluding tert-OH is 3. The fraction of sp³-hybridized carbons (Fsp3) is 0.905. The summed E-state index contributed by atoms with van der Waals surface area (Å²) in [5.41, 5.74) is 0. The van der Waals surface area contributed by atoms with E-state index in [2.05, 4.69) is 19.1 Å². The highest BCUT2D eigenvalue weighted by molar-refractivity contribution is 4.87. The normalized spacial score (nSPS) is 26.6. The van der Waals surface area contributed by atoms with Gasteiger partial charge in [-0.1, -0.05) is 64.0 Å². The quantitative estimate of drug-likeness (QED) is 0.303. The predicted molar refractivity (Wildman–Crippen MR) is 104 cm³/mol. The van der Waals surface area contributed by atoms with Gasteiger partial charge in [-0.15, -0.1) is 0 Å². The van der Waals surface area contributed by atoms with Crippen LogP contribution in [0.25, 0.3) is 0 Å². The number of ether oxygens (including phenoxy) is 2. The smallest absolute Gasteiger partial charge is 0.114 e. The summed E-state index contributed by atoms with van der Waals surface area (Å²) in [6.45, 7) is 2.58. The maximum Gasteiger partial charge on any atom is 0.114 e. The third-order valence-electron chi connectivity index (χ3n) is 4.96. The molecule has 0 aliphatic carbocycles. The first-order chi connectivity index (χ1) is 12.7. The lowest BCUT2D eigenvalue weighted by atomic mass is 10.0. The zero-order chi connectivity index (χ0) is 19.0. The first kappa shape index (κ1) is 23.6. The molecule has 0 spiro atoms. The minimum Gasteiger partial charge on any atom is -0.394 e. The molecule has 0 radical (unpaired) electrons. The van der Waals surface area contributed by atoms with Crippen LogP contribution in [0.3, 0.4) is 0 Å². The van der Waals surface area contributed by atoms with E-state index in [0.717, 1.165) is 12.8 Å². The molecule has 5 heteroatoms. The summed E-state index contributed by atoms with van der Waals surface area (Å²) in [6, 6.07) is 0. The second-order valence-corrected chi connectivity index (χ2v) is 7.32. The van der Waals surface area contributed by atoms with Crippen molar-refractivity contribution >= 4 is 0 Å². The highest BCUT2D eigenvalue weighted by atomic mass is 16.6. The van der Waals surface area contributed by atoms with Crippen LogP contribution in [0.1, 0.15) is 77.6 Å². The summed E-state index contributed by atoms with van der Waals surface area (Å²) >= 11 is 0. The average molecular weight is 373 g/mol. The van der Waals surface area contributed by atoms with E-state index in [1.54, 1.807) is 0 Å². The van der Waals surface area contributed by atoms with Crippen LogP contribution < -0.4 is 0 Å². The predicted octanol–water partition coefficient (Wildman–Crippen LogP) is 3.35. The molecule has 1 saturated heterocycles. The standard InChI is InChI=1S/C21H40O5/c1-2-3-4-5-6-7-8-9-10-11-12-13-14-15-25-21-18(23)17-26-19(16-22)20(21)24/h4-5,18-24H,2-3,6-17H2,1H3/b5-4+/t18-,19+,20+,21+/m1/s1. The molecular formula is C21H40O5. The first-order valence-corrected chi connectivity index (χ1v) is 10.6. The number of hydrogen-bond donors (Lipinski definition) is 3. The average Bonchev–Trinajstić information content (AvgIpc) is 2.64. The van der Waals surface area contributed by atoms with Gasteiger partial charge in [0.05, 0.1) is 13.2 Å². The molecule has 3 N–H and O–H groups in total. The molecule has 0 aromatic carbocycles. The topological polar surface area (TPSA) is 79.2 Å². The maximum absolute atomic E-state index is 10.0. The molecule has 0 amide bonds. The Morgan fingerprint density at radius 2 is 1.54 bits per heavy atom. The van der Waals surface area contributed by atoms with Crippen LogP contribution >= 0.6 is 0 Å². The van der Waals surface area contributed by atoms with Crippen LogP contribution in [0.4, 0.5) is 0 Å². The number of aliphatic hydroxyl groups is 3. The lowest BCUT2D eigenvalue weighted by molar-refractivity contribution is -0.210. The van der Waals surface area contributed by atoms with Gasteiger partial charge in [0, 0.05) is 6.61 Å². The molecule has 0 unspecified atom stereocenters. The van der Waals surface area contributed by atoms with Gasteiger partial charge in [0.15, 0.2) is 0 Å². The Morgan fingerprint density at radius 3 is 2.19 bits per heavy atom. The van der Waals surface area contributed by atoms with Gasteiger partial charge < -0.3 is 24.8 Å². The van der Waals surface area contributed by atoms with Gasteiger partial charge in [-0.25, -0.2) is 0 Å². The van der Waals surface area contributed by atoms with E-state index in [1.807, 2.05) is 0 Å². The summed E-state index contributed by atoms with van der Waals surface area (Å²) in [7, 11) is 0. The van der Waals surface area contributed by atoms with E-state index in [1.165, 1.54) is 57.8 Å². The summed E-state index contributed by atoms with van der Waals surface area (Å²) in [4.78, 5) is 0. The third-order valence-corrected chi connectivity index (χ3v) is 4.96. The molecular weight excluding hydrogens is 332 g/mol. The number of unbranched alkanes of at least 4 members (excludes halogenated alkanes) is 9. The van der Waals surface area contributed by atoms with Crippen LogP contribution in [0.5, 0.6) is 0 Å². The lowest BCUT2D eigenvalue weighted by Gasteiger charge is -2.37. The van der Waals surface area contributed by atoms with Crippen LogP contribution in [-0.2, 0) is 9.47 Å². The molecule has 0 aromatic heterocycles. The second kappa shape index (κ2) is 15.6. The third kappa shape index (κ3) is 10.0. The minimum absolute atomic E-state index is 0.0986. The van der Waals surface area contributed by atoms with E-state index in [0.29, 0.717) is 6.61 Å². The van der Waals surface area contributed by atoms with E-state index in [9.17, 15) is 10.2 Å². The maximum atomic E-state index is 10.0. The van der Waals surface area contributed by atoms with Gasteiger partial charge in [-0.3, -0.25) is 0 Å². The van der Waals surface area contributed by atoms with Gasteiger partial charge >= 0.3 is 0 Å². The van der Waals surface area contributed by atoms with Crippen LogP contribution in [-0.4, -0.2) is 59.6 Å². The highest BCUT2D eigenvalue weighted by Crippen LogP contribution is 2.19. The van der Waals surface area contributed by atoms with Crippen molar-refractivity contribution in [1.29, 1.82) is 0 Å². The van der Waals surface area contributed by atoms with Gasteiger partial charge in [-0.2, -0.15) is 0 Å². The molecule has 5 nitrogen and oxygen atoms in total. The molecule has 1 heterocycles. The van der Waals surface area contributed by atoms with E-state index >= 15 is 0 Å². The Balaban J connectivity index is 1.91. The Bertz CT molecular complexity index is 347. The Kier molecular flexibility index (Phi) is 14.1. The zero-order valence-corrected chi connectivity index (χ0v) is 16.5. The van der Waals surface area contributed by atoms with Crippen molar-refractivity contribution in [2.45, 2.75) is 102 Å². The van der Waals surface area contributed by atoms with E-state index < -0.39 is 24.4 Å². The Hall–Kier alpha value is -0.460. The van der Waals surface area contributed by atoms with Crippen molar-refractivity contribution in [2.75, 3.05) is 19.8 Å². The van der Waals surface area contributed by atoms with Crippen molar-refractivity contribution in [1.82, 2.24) is 0 Å².